The molecule has 0 spiro atoms. The van der Waals surface area contributed by atoms with Gasteiger partial charge in [-0.05, 0) is 37.6 Å². The maximum atomic E-state index is 12.0. The Morgan fingerprint density at radius 1 is 1.27 bits per heavy atom. The number of rotatable bonds is 3. The second-order valence-electron chi connectivity index (χ2n) is 4.95. The topological polar surface area (TPSA) is 72.8 Å². The first-order valence-electron chi connectivity index (χ1n) is 6.29. The predicted octanol–water partition coefficient (Wildman–Crippen LogP) is 2.88. The number of oxime groups is 1. The Morgan fingerprint density at radius 3 is 2.45 bits per heavy atom. The molecule has 0 aromatic heterocycles. The van der Waals surface area contributed by atoms with Crippen molar-refractivity contribution in [3.05, 3.63) is 42.0 Å². The quantitative estimate of drug-likeness (QED) is 0.612. The first-order chi connectivity index (χ1) is 10.2. The number of ketones is 1. The summed E-state index contributed by atoms with van der Waals surface area (Å²) < 4.78 is 28.7. The van der Waals surface area contributed by atoms with Gasteiger partial charge in [0.25, 0.3) is 0 Å². The van der Waals surface area contributed by atoms with E-state index >= 15 is 0 Å². The molecule has 8 heteroatoms. The van der Waals surface area contributed by atoms with Crippen LogP contribution in [0.3, 0.4) is 0 Å². The summed E-state index contributed by atoms with van der Waals surface area (Å²) >= 11 is 12.2. The number of allylic oxidation sites excluding steroid dienone is 2. The van der Waals surface area contributed by atoms with Crippen LogP contribution in [0, 0.1) is 0 Å². The van der Waals surface area contributed by atoms with Crippen molar-refractivity contribution in [2.45, 2.75) is 29.0 Å². The maximum Gasteiger partial charge on any atom is 0.358 e. The van der Waals surface area contributed by atoms with Crippen LogP contribution in [0.25, 0.3) is 0 Å². The van der Waals surface area contributed by atoms with Gasteiger partial charge in [-0.15, -0.1) is 23.2 Å². The molecule has 1 aliphatic rings. The Labute approximate surface area is 138 Å². The summed E-state index contributed by atoms with van der Waals surface area (Å²) in [5, 5.41) is 2.57. The molecule has 1 aromatic rings. The van der Waals surface area contributed by atoms with Crippen LogP contribution in [0.4, 0.5) is 0 Å². The fourth-order valence-corrected chi connectivity index (χ4v) is 3.16. The van der Waals surface area contributed by atoms with Crippen molar-refractivity contribution in [2.24, 2.45) is 5.16 Å². The van der Waals surface area contributed by atoms with Gasteiger partial charge in [-0.2, -0.15) is 8.42 Å². The molecule has 0 bridgehead atoms. The van der Waals surface area contributed by atoms with Crippen LogP contribution >= 0.6 is 23.2 Å². The van der Waals surface area contributed by atoms with E-state index in [1.54, 1.807) is 25.1 Å². The third kappa shape index (κ3) is 3.19. The van der Waals surface area contributed by atoms with Gasteiger partial charge >= 0.3 is 10.1 Å². The van der Waals surface area contributed by atoms with Gasteiger partial charge in [-0.3, -0.25) is 9.08 Å². The normalized spacial score (nSPS) is 27.6. The molecule has 0 aliphatic heterocycles. The van der Waals surface area contributed by atoms with Crippen molar-refractivity contribution >= 4 is 44.8 Å². The third-order valence-corrected chi connectivity index (χ3v) is 5.46. The van der Waals surface area contributed by atoms with Crippen LogP contribution in [0.1, 0.15) is 13.8 Å². The molecule has 118 valence electrons. The summed E-state index contributed by atoms with van der Waals surface area (Å²) in [6, 6.07) is 7.56. The minimum absolute atomic E-state index is 0.0355. The third-order valence-electron chi connectivity index (χ3n) is 3.17. The number of nitrogens with zero attached hydrogens (tertiary/aromatic N) is 1. The molecule has 2 rings (SSSR count). The highest BCUT2D eigenvalue weighted by Gasteiger charge is 2.45. The highest BCUT2D eigenvalue weighted by Crippen LogP contribution is 2.33. The Morgan fingerprint density at radius 2 is 1.86 bits per heavy atom. The Hall–Kier alpha value is -1.37. The van der Waals surface area contributed by atoms with Gasteiger partial charge in [-0.1, -0.05) is 23.4 Å². The standard InChI is InChI=1S/C14H13Cl2NO4S/c1-9-8-11(12(15)14(2,16)13(9)18)17-21-22(19,20)10-6-4-3-5-7-10/h3-8,12H,1-2H3/b17-11+. The van der Waals surface area contributed by atoms with E-state index in [0.29, 0.717) is 5.57 Å². The minimum atomic E-state index is -4.05. The lowest BCUT2D eigenvalue weighted by Gasteiger charge is -2.29. The molecule has 2 unspecified atom stereocenters. The molecule has 5 nitrogen and oxygen atoms in total. The van der Waals surface area contributed by atoms with Gasteiger partial charge in [0, 0.05) is 0 Å². The largest absolute Gasteiger partial charge is 0.358 e. The number of carbonyl (C=O) groups excluding carboxylic acids is 1. The van der Waals surface area contributed by atoms with Crippen molar-refractivity contribution in [3.8, 4) is 0 Å². The lowest BCUT2D eigenvalue weighted by Crippen LogP contribution is -2.46. The number of benzene rings is 1. The summed E-state index contributed by atoms with van der Waals surface area (Å²) in [6.07, 6.45) is 1.37. The summed E-state index contributed by atoms with van der Waals surface area (Å²) in [7, 11) is -4.05. The van der Waals surface area contributed by atoms with Gasteiger partial charge in [0.15, 0.2) is 5.78 Å². The minimum Gasteiger partial charge on any atom is -0.292 e. The lowest BCUT2D eigenvalue weighted by atomic mass is 9.87. The highest BCUT2D eigenvalue weighted by molar-refractivity contribution is 7.86. The average molecular weight is 362 g/mol. The van der Waals surface area contributed by atoms with E-state index in [1.165, 1.54) is 25.1 Å². The highest BCUT2D eigenvalue weighted by atomic mass is 35.5. The second kappa shape index (κ2) is 6.02. The van der Waals surface area contributed by atoms with Crippen molar-refractivity contribution in [3.63, 3.8) is 0 Å². The molecule has 22 heavy (non-hydrogen) atoms. The summed E-state index contributed by atoms with van der Waals surface area (Å²) in [5.74, 6) is -0.334. The first kappa shape index (κ1) is 17.0. The van der Waals surface area contributed by atoms with Crippen LogP contribution in [-0.2, 0) is 19.2 Å². The molecule has 1 aliphatic carbocycles. The van der Waals surface area contributed by atoms with Crippen LogP contribution in [0.15, 0.2) is 52.0 Å². The Kier molecular flexibility index (Phi) is 4.65. The summed E-state index contributed by atoms with van der Waals surface area (Å²) in [5.41, 5.74) is 0.407. The van der Waals surface area contributed by atoms with Gasteiger partial charge in [0.2, 0.25) is 0 Å². The molecule has 1 aromatic carbocycles. The number of hydrogen-bond acceptors (Lipinski definition) is 5. The van der Waals surface area contributed by atoms with E-state index in [1.807, 2.05) is 0 Å². The SMILES string of the molecule is CC1=C/C(=N\OS(=O)(=O)c2ccccc2)C(Cl)C(C)(Cl)C1=O. The van der Waals surface area contributed by atoms with E-state index in [4.69, 9.17) is 23.2 Å². The van der Waals surface area contributed by atoms with Crippen molar-refractivity contribution < 1.29 is 17.5 Å². The number of hydrogen-bond donors (Lipinski definition) is 0. The second-order valence-corrected chi connectivity index (χ2v) is 7.70. The summed E-state index contributed by atoms with van der Waals surface area (Å²) in [4.78, 5) is 10.5. The van der Waals surface area contributed by atoms with E-state index < -0.39 is 20.4 Å². The number of Topliss-reactive ketones (excluding diaryl/α,β-unsaturated/α-hetero) is 1. The summed E-state index contributed by atoms with van der Waals surface area (Å²) in [6.45, 7) is 3.00. The van der Waals surface area contributed by atoms with Crippen LogP contribution in [0.5, 0.6) is 0 Å². The predicted molar refractivity (Wildman–Crippen MR) is 84.8 cm³/mol. The van der Waals surface area contributed by atoms with Crippen LogP contribution in [0.2, 0.25) is 0 Å². The van der Waals surface area contributed by atoms with Crippen LogP contribution < -0.4 is 0 Å². The zero-order valence-corrected chi connectivity index (χ0v) is 14.1. The van der Waals surface area contributed by atoms with Crippen molar-refractivity contribution in [1.82, 2.24) is 0 Å². The molecular weight excluding hydrogens is 349 g/mol. The molecule has 0 N–H and O–H groups in total. The van der Waals surface area contributed by atoms with E-state index in [9.17, 15) is 13.2 Å². The van der Waals surface area contributed by atoms with Gasteiger partial charge in [0.05, 0.1) is 0 Å². The van der Waals surface area contributed by atoms with Gasteiger partial charge in [0.1, 0.15) is 20.9 Å². The first-order valence-corrected chi connectivity index (χ1v) is 8.51. The fraction of sp³-hybridized carbons (Fsp3) is 0.286. The lowest BCUT2D eigenvalue weighted by molar-refractivity contribution is -0.117. The van der Waals surface area contributed by atoms with E-state index in [0.717, 1.165) is 0 Å². The van der Waals surface area contributed by atoms with E-state index in [-0.39, 0.29) is 16.4 Å². The molecular formula is C14H13Cl2NO4S. The number of halogens is 2. The maximum absolute atomic E-state index is 12.0. The van der Waals surface area contributed by atoms with E-state index in [2.05, 4.69) is 9.44 Å². The molecule has 0 fully saturated rings. The monoisotopic (exact) mass is 361 g/mol. The molecule has 0 radical (unpaired) electrons. The number of alkyl halides is 2. The molecule has 0 saturated heterocycles. The molecule has 2 atom stereocenters. The van der Waals surface area contributed by atoms with Crippen molar-refractivity contribution in [1.29, 1.82) is 0 Å². The van der Waals surface area contributed by atoms with Gasteiger partial charge < -0.3 is 0 Å². The molecule has 0 amide bonds. The zero-order chi connectivity index (χ0) is 16.5. The fourth-order valence-electron chi connectivity index (χ4n) is 1.93. The zero-order valence-electron chi connectivity index (χ0n) is 11.8. The van der Waals surface area contributed by atoms with Crippen molar-refractivity contribution in [2.75, 3.05) is 0 Å². The smallest absolute Gasteiger partial charge is 0.292 e. The van der Waals surface area contributed by atoms with Gasteiger partial charge in [-0.25, -0.2) is 0 Å². The molecule has 0 heterocycles. The average Bonchev–Trinajstić information content (AvgIpc) is 2.49. The van der Waals surface area contributed by atoms with Crippen LogP contribution in [-0.4, -0.2) is 30.2 Å². The Bertz CT molecular complexity index is 754. The number of carbonyl (C=O) groups is 1. The molecule has 0 saturated carbocycles. The Balaban J connectivity index is 2.33.